The Bertz CT molecular complexity index is 1550. The number of H-pyrrole nitrogens is 1. The molecule has 1 aromatic carbocycles. The number of nitrogens with one attached hydrogen (secondary N) is 1. The molecule has 0 spiro atoms. The summed E-state index contributed by atoms with van der Waals surface area (Å²) >= 11 is 0. The molecule has 4 heterocycles. The molecule has 0 aliphatic heterocycles. The Morgan fingerprint density at radius 2 is 1.87 bits per heavy atom. The first-order valence-electron chi connectivity index (χ1n) is 8.59. The maximum Gasteiger partial charge on any atom is 0.436 e. The molecule has 0 unspecified atom stereocenters. The highest BCUT2D eigenvalue weighted by atomic mass is 19.4. The lowest BCUT2D eigenvalue weighted by Gasteiger charge is -2.14. The molecule has 0 aliphatic rings. The van der Waals surface area contributed by atoms with Gasteiger partial charge in [0.15, 0.2) is 17.0 Å². The molecule has 13 heteroatoms. The Hall–Kier alpha value is -3.90. The van der Waals surface area contributed by atoms with Gasteiger partial charge < -0.3 is 4.98 Å². The number of imidazole rings is 1. The van der Waals surface area contributed by atoms with Gasteiger partial charge in [-0.1, -0.05) is 6.07 Å². The normalized spacial score (nSPS) is 12.6. The van der Waals surface area contributed by atoms with E-state index >= 15 is 0 Å². The lowest BCUT2D eigenvalue weighted by molar-refractivity contribution is -0.143. The van der Waals surface area contributed by atoms with Gasteiger partial charge in [-0.15, -0.1) is 0 Å². The van der Waals surface area contributed by atoms with Crippen molar-refractivity contribution in [2.45, 2.75) is 12.7 Å². The highest BCUT2D eigenvalue weighted by molar-refractivity contribution is 6.04. The van der Waals surface area contributed by atoms with E-state index in [1.165, 1.54) is 18.5 Å². The average molecular weight is 438 g/mol. The van der Waals surface area contributed by atoms with Crippen molar-refractivity contribution in [1.29, 1.82) is 0 Å². The zero-order valence-corrected chi connectivity index (χ0v) is 15.0. The Kier molecular flexibility index (Phi) is 3.88. The van der Waals surface area contributed by atoms with Gasteiger partial charge >= 0.3 is 12.7 Å². The van der Waals surface area contributed by atoms with E-state index in [0.717, 1.165) is 10.8 Å². The van der Waals surface area contributed by atoms with Crippen molar-refractivity contribution in [3.8, 4) is 5.69 Å². The van der Waals surface area contributed by atoms with Crippen molar-refractivity contribution in [3.63, 3.8) is 0 Å². The molecule has 31 heavy (non-hydrogen) atoms. The van der Waals surface area contributed by atoms with Crippen LogP contribution < -0.4 is 5.56 Å². The molecule has 5 rings (SSSR count). The van der Waals surface area contributed by atoms with Gasteiger partial charge in [-0.2, -0.15) is 27.1 Å². The highest BCUT2D eigenvalue weighted by Crippen LogP contribution is 2.34. The maximum absolute atomic E-state index is 14.3. The molecule has 0 bridgehead atoms. The van der Waals surface area contributed by atoms with Crippen molar-refractivity contribution in [3.05, 3.63) is 58.7 Å². The van der Waals surface area contributed by atoms with E-state index < -0.39 is 41.0 Å². The minimum absolute atomic E-state index is 0.0227. The molecule has 0 amide bonds. The number of rotatable bonds is 2. The second-order valence-electron chi connectivity index (χ2n) is 6.55. The topological polar surface area (TPSA) is 81.4 Å². The monoisotopic (exact) mass is 438 g/mol. The van der Waals surface area contributed by atoms with E-state index in [2.05, 4.69) is 20.1 Å². The summed E-state index contributed by atoms with van der Waals surface area (Å²) in [6.07, 6.45) is -3.09. The van der Waals surface area contributed by atoms with Crippen LogP contribution in [0.4, 0.5) is 26.3 Å². The van der Waals surface area contributed by atoms with Gasteiger partial charge in [0, 0.05) is 17.0 Å². The van der Waals surface area contributed by atoms with E-state index in [1.54, 1.807) is 6.07 Å². The number of aromatic amines is 1. The summed E-state index contributed by atoms with van der Waals surface area (Å²) in [7, 11) is 0. The van der Waals surface area contributed by atoms with Crippen molar-refractivity contribution in [1.82, 2.24) is 29.3 Å². The van der Waals surface area contributed by atoms with Crippen LogP contribution in [-0.4, -0.2) is 29.3 Å². The third-order valence-corrected chi connectivity index (χ3v) is 4.73. The number of benzene rings is 1. The van der Waals surface area contributed by atoms with Crippen molar-refractivity contribution in [2.75, 3.05) is 0 Å². The molecule has 0 aliphatic carbocycles. The molecule has 1 N–H and O–H groups in total. The average Bonchev–Trinajstić information content (AvgIpc) is 3.35. The predicted molar refractivity (Wildman–Crippen MR) is 96.5 cm³/mol. The number of alkyl halides is 5. The zero-order chi connectivity index (χ0) is 22.1. The third-order valence-electron chi connectivity index (χ3n) is 4.73. The van der Waals surface area contributed by atoms with Crippen molar-refractivity contribution in [2.24, 2.45) is 0 Å². The Morgan fingerprint density at radius 3 is 2.58 bits per heavy atom. The summed E-state index contributed by atoms with van der Waals surface area (Å²) in [6, 6.07) is 5.01. The number of hydrogen-bond acceptors (Lipinski definition) is 4. The van der Waals surface area contributed by atoms with Gasteiger partial charge in [-0.25, -0.2) is 19.0 Å². The van der Waals surface area contributed by atoms with Gasteiger partial charge in [-0.05, 0) is 18.2 Å². The summed E-state index contributed by atoms with van der Waals surface area (Å²) < 4.78 is 81.5. The van der Waals surface area contributed by atoms with Crippen LogP contribution in [0.1, 0.15) is 12.2 Å². The number of aromatic nitrogens is 6. The van der Waals surface area contributed by atoms with Crippen LogP contribution in [0.15, 0.2) is 41.6 Å². The molecule has 0 fully saturated rings. The Morgan fingerprint density at radius 1 is 1.10 bits per heavy atom. The second-order valence-corrected chi connectivity index (χ2v) is 6.55. The van der Waals surface area contributed by atoms with Crippen molar-refractivity contribution >= 4 is 33.0 Å². The van der Waals surface area contributed by atoms with Crippen LogP contribution in [0.2, 0.25) is 0 Å². The number of hydrogen-bond donors (Lipinski definition) is 1. The fourth-order valence-electron chi connectivity index (χ4n) is 3.45. The van der Waals surface area contributed by atoms with Crippen LogP contribution in [-0.2, 0) is 6.18 Å². The minimum Gasteiger partial charge on any atom is -0.345 e. The third kappa shape index (κ3) is 2.76. The lowest BCUT2D eigenvalue weighted by atomic mass is 10.1. The number of fused-ring (bicyclic) bond motifs is 4. The molecule has 0 saturated heterocycles. The molecule has 5 aromatic rings. The maximum atomic E-state index is 14.3. The smallest absolute Gasteiger partial charge is 0.345 e. The molecule has 0 atom stereocenters. The number of nitrogens with zero attached hydrogens (tertiary/aromatic N) is 5. The molecular weight excluding hydrogens is 430 g/mol. The van der Waals surface area contributed by atoms with E-state index in [0.29, 0.717) is 11.6 Å². The second kappa shape index (κ2) is 6.30. The van der Waals surface area contributed by atoms with E-state index in [-0.39, 0.29) is 26.7 Å². The van der Waals surface area contributed by atoms with E-state index in [9.17, 15) is 31.1 Å². The number of para-hydroxylation sites is 1. The Labute approximate surface area is 166 Å². The standard InChI is InChI=1S/C18H8F6N6O/c19-9-4-7-8-5-29(17(20)21)28-12(8)16(31)30(15(7)27-14(9)18(22,23)24)11-3-1-2-10-13(11)26-6-25-10/h1-6,17H,(H,25,26). The lowest BCUT2D eigenvalue weighted by Crippen LogP contribution is -2.22. The van der Waals surface area contributed by atoms with Gasteiger partial charge in [0.05, 0.1) is 17.5 Å². The quantitative estimate of drug-likeness (QED) is 0.420. The molecule has 158 valence electrons. The molecule has 0 radical (unpaired) electrons. The van der Waals surface area contributed by atoms with Crippen LogP contribution in [0.25, 0.3) is 38.7 Å². The van der Waals surface area contributed by atoms with Gasteiger partial charge in [0.2, 0.25) is 0 Å². The molecule has 4 aromatic heterocycles. The van der Waals surface area contributed by atoms with Gasteiger partial charge in [0.25, 0.3) is 5.56 Å². The van der Waals surface area contributed by atoms with Crippen LogP contribution in [0.5, 0.6) is 0 Å². The SMILES string of the molecule is O=c1c2nn(C(F)F)cc2c2cc(F)c(C(F)(F)F)nc2n1-c1cccc2[nH]cnc12. The first-order valence-corrected chi connectivity index (χ1v) is 8.59. The zero-order valence-electron chi connectivity index (χ0n) is 15.0. The summed E-state index contributed by atoms with van der Waals surface area (Å²) in [5, 5.41) is 3.00. The van der Waals surface area contributed by atoms with Gasteiger partial charge in [0.1, 0.15) is 11.2 Å². The summed E-state index contributed by atoms with van der Waals surface area (Å²) in [5.41, 5.74) is -3.23. The first-order chi connectivity index (χ1) is 14.7. The fourth-order valence-corrected chi connectivity index (χ4v) is 3.45. The van der Waals surface area contributed by atoms with E-state index in [4.69, 9.17) is 0 Å². The summed E-state index contributed by atoms with van der Waals surface area (Å²) in [5.74, 6) is -1.71. The minimum atomic E-state index is -5.15. The number of pyridine rings is 2. The number of halogens is 6. The van der Waals surface area contributed by atoms with Crippen LogP contribution in [0.3, 0.4) is 0 Å². The molecule has 7 nitrogen and oxygen atoms in total. The van der Waals surface area contributed by atoms with Gasteiger partial charge in [-0.3, -0.25) is 9.36 Å². The van der Waals surface area contributed by atoms with Crippen molar-refractivity contribution < 1.29 is 26.3 Å². The summed E-state index contributed by atoms with van der Waals surface area (Å²) in [6.45, 7) is -3.13. The largest absolute Gasteiger partial charge is 0.436 e. The first kappa shape index (κ1) is 19.1. The Balaban J connectivity index is 2.02. The molecule has 0 saturated carbocycles. The summed E-state index contributed by atoms with van der Waals surface area (Å²) in [4.78, 5) is 23.4. The highest BCUT2D eigenvalue weighted by Gasteiger charge is 2.37. The van der Waals surface area contributed by atoms with Crippen LogP contribution in [0, 0.1) is 5.82 Å². The van der Waals surface area contributed by atoms with E-state index in [1.807, 2.05) is 0 Å². The fraction of sp³-hybridized carbons (Fsp3) is 0.111. The van der Waals surface area contributed by atoms with Crippen LogP contribution >= 0.6 is 0 Å². The molecular formula is C18H8F6N6O. The predicted octanol–water partition coefficient (Wildman–Crippen LogP) is 4.16.